The quantitative estimate of drug-likeness (QED) is 0.851. The number of amides is 1. The number of sulfonamides is 1. The summed E-state index contributed by atoms with van der Waals surface area (Å²) in [6.45, 7) is 0.312. The van der Waals surface area contributed by atoms with Crippen LogP contribution in [0.5, 0.6) is 0 Å². The van der Waals surface area contributed by atoms with Crippen molar-refractivity contribution in [2.45, 2.75) is 24.0 Å². The number of carboxylic acids is 1. The SMILES string of the molecule is CN(C)S(=O)(=O)c1ccc(C(=O)N2CCC[C@@H]2C(=O)O)o1. The van der Waals surface area contributed by atoms with Gasteiger partial charge in [0.25, 0.3) is 15.9 Å². The minimum atomic E-state index is -3.76. The first-order valence-corrected chi connectivity index (χ1v) is 7.75. The third-order valence-corrected chi connectivity index (χ3v) is 5.02. The highest BCUT2D eigenvalue weighted by Crippen LogP contribution is 2.23. The van der Waals surface area contributed by atoms with Gasteiger partial charge in [-0.15, -0.1) is 0 Å². The zero-order valence-corrected chi connectivity index (χ0v) is 12.5. The molecule has 0 saturated carbocycles. The molecule has 116 valence electrons. The molecule has 1 saturated heterocycles. The molecule has 1 aliphatic rings. The van der Waals surface area contributed by atoms with Crippen molar-refractivity contribution in [3.63, 3.8) is 0 Å². The van der Waals surface area contributed by atoms with Crippen molar-refractivity contribution >= 4 is 21.9 Å². The predicted molar refractivity (Wildman–Crippen MR) is 71.3 cm³/mol. The van der Waals surface area contributed by atoms with Gasteiger partial charge in [0.1, 0.15) is 6.04 Å². The topological polar surface area (TPSA) is 108 Å². The lowest BCUT2D eigenvalue weighted by Crippen LogP contribution is -2.40. The van der Waals surface area contributed by atoms with Gasteiger partial charge in [-0.1, -0.05) is 0 Å². The van der Waals surface area contributed by atoms with Gasteiger partial charge in [0.15, 0.2) is 5.76 Å². The second kappa shape index (κ2) is 5.49. The van der Waals surface area contributed by atoms with E-state index in [1.54, 1.807) is 0 Å². The van der Waals surface area contributed by atoms with Crippen molar-refractivity contribution in [3.8, 4) is 0 Å². The smallest absolute Gasteiger partial charge is 0.326 e. The molecule has 0 radical (unpaired) electrons. The molecule has 0 aromatic carbocycles. The van der Waals surface area contributed by atoms with Crippen molar-refractivity contribution in [1.29, 1.82) is 0 Å². The zero-order chi connectivity index (χ0) is 15.8. The Morgan fingerprint density at radius 2 is 2.05 bits per heavy atom. The standard InChI is InChI=1S/C12H16N2O6S/c1-13(2)21(18,19)10-6-5-9(20-10)11(15)14-7-3-4-8(14)12(16)17/h5-6,8H,3-4,7H2,1-2H3,(H,16,17)/t8-/m1/s1. The molecule has 0 unspecified atom stereocenters. The Bertz CT molecular complexity index is 663. The van der Waals surface area contributed by atoms with E-state index in [-0.39, 0.29) is 10.9 Å². The Balaban J connectivity index is 2.26. The van der Waals surface area contributed by atoms with Crippen LogP contribution in [0.1, 0.15) is 23.4 Å². The first-order chi connectivity index (χ1) is 9.75. The second-order valence-corrected chi connectivity index (χ2v) is 6.98. The van der Waals surface area contributed by atoms with Crippen molar-refractivity contribution < 1.29 is 27.5 Å². The lowest BCUT2D eigenvalue weighted by Gasteiger charge is -2.19. The summed E-state index contributed by atoms with van der Waals surface area (Å²) in [5.41, 5.74) is 0. The van der Waals surface area contributed by atoms with Crippen molar-refractivity contribution in [2.75, 3.05) is 20.6 Å². The monoisotopic (exact) mass is 316 g/mol. The molecule has 1 atom stereocenters. The number of rotatable bonds is 4. The average Bonchev–Trinajstić information content (AvgIpc) is 3.07. The molecule has 1 amide bonds. The number of carboxylic acid groups (broad SMARTS) is 1. The Kier molecular flexibility index (Phi) is 4.06. The number of nitrogens with zero attached hydrogens (tertiary/aromatic N) is 2. The minimum absolute atomic E-state index is 0.177. The lowest BCUT2D eigenvalue weighted by atomic mass is 10.2. The van der Waals surface area contributed by atoms with Gasteiger partial charge in [0.2, 0.25) is 5.09 Å². The van der Waals surface area contributed by atoms with Crippen LogP contribution in [0.3, 0.4) is 0 Å². The third-order valence-electron chi connectivity index (χ3n) is 3.33. The van der Waals surface area contributed by atoms with Crippen LogP contribution in [0.15, 0.2) is 21.6 Å². The second-order valence-electron chi connectivity index (χ2n) is 4.90. The molecule has 21 heavy (non-hydrogen) atoms. The molecule has 1 aliphatic heterocycles. The maximum absolute atomic E-state index is 12.2. The molecule has 8 nitrogen and oxygen atoms in total. The molecular formula is C12H16N2O6S. The van der Waals surface area contributed by atoms with Crippen molar-refractivity contribution in [3.05, 3.63) is 17.9 Å². The average molecular weight is 316 g/mol. The maximum atomic E-state index is 12.2. The number of furan rings is 1. The van der Waals surface area contributed by atoms with Gasteiger partial charge in [0.05, 0.1) is 0 Å². The van der Waals surface area contributed by atoms with E-state index in [0.29, 0.717) is 19.4 Å². The van der Waals surface area contributed by atoms with Gasteiger partial charge in [-0.05, 0) is 25.0 Å². The fourth-order valence-corrected chi connectivity index (χ4v) is 2.96. The van der Waals surface area contributed by atoms with Crippen LogP contribution in [-0.4, -0.2) is 61.3 Å². The first-order valence-electron chi connectivity index (χ1n) is 6.31. The summed E-state index contributed by atoms with van der Waals surface area (Å²) in [5.74, 6) is -1.86. The Morgan fingerprint density at radius 3 is 2.62 bits per heavy atom. The fourth-order valence-electron chi connectivity index (χ4n) is 2.16. The number of aliphatic carboxylic acids is 1. The summed E-state index contributed by atoms with van der Waals surface area (Å²) in [4.78, 5) is 24.5. The van der Waals surface area contributed by atoms with Gasteiger partial charge < -0.3 is 14.4 Å². The van der Waals surface area contributed by atoms with Crippen LogP contribution in [0.2, 0.25) is 0 Å². The first kappa shape index (κ1) is 15.5. The molecular weight excluding hydrogens is 300 g/mol. The fraction of sp³-hybridized carbons (Fsp3) is 0.500. The summed E-state index contributed by atoms with van der Waals surface area (Å²) >= 11 is 0. The molecule has 1 aromatic heterocycles. The molecule has 1 aromatic rings. The van der Waals surface area contributed by atoms with E-state index < -0.39 is 27.9 Å². The normalized spacial score (nSPS) is 19.2. The van der Waals surface area contributed by atoms with Crippen LogP contribution in [0.25, 0.3) is 0 Å². The van der Waals surface area contributed by atoms with Crippen LogP contribution in [0.4, 0.5) is 0 Å². The maximum Gasteiger partial charge on any atom is 0.326 e. The van der Waals surface area contributed by atoms with E-state index in [9.17, 15) is 18.0 Å². The third kappa shape index (κ3) is 2.79. The minimum Gasteiger partial charge on any atom is -0.480 e. The summed E-state index contributed by atoms with van der Waals surface area (Å²) < 4.78 is 29.8. The molecule has 1 fully saturated rings. The van der Waals surface area contributed by atoms with Crippen molar-refractivity contribution in [2.24, 2.45) is 0 Å². The van der Waals surface area contributed by atoms with Crippen LogP contribution >= 0.6 is 0 Å². The number of carbonyl (C=O) groups excluding carboxylic acids is 1. The van der Waals surface area contributed by atoms with Crippen LogP contribution in [0, 0.1) is 0 Å². The Labute approximate surface area is 122 Å². The summed E-state index contributed by atoms with van der Waals surface area (Å²) in [6.07, 6.45) is 0.969. The van der Waals surface area contributed by atoms with Gasteiger partial charge in [-0.2, -0.15) is 0 Å². The summed E-state index contributed by atoms with van der Waals surface area (Å²) in [6, 6.07) is 1.54. The molecule has 2 rings (SSSR count). The lowest BCUT2D eigenvalue weighted by molar-refractivity contribution is -0.141. The van der Waals surface area contributed by atoms with Gasteiger partial charge >= 0.3 is 5.97 Å². The largest absolute Gasteiger partial charge is 0.480 e. The molecule has 1 N–H and O–H groups in total. The van der Waals surface area contributed by atoms with Crippen molar-refractivity contribution in [1.82, 2.24) is 9.21 Å². The van der Waals surface area contributed by atoms with Crippen LogP contribution < -0.4 is 0 Å². The molecule has 9 heteroatoms. The Morgan fingerprint density at radius 1 is 1.38 bits per heavy atom. The highest BCUT2D eigenvalue weighted by Gasteiger charge is 2.36. The molecule has 0 spiro atoms. The number of hydrogen-bond acceptors (Lipinski definition) is 5. The molecule has 0 bridgehead atoms. The highest BCUT2D eigenvalue weighted by molar-refractivity contribution is 7.88. The van der Waals surface area contributed by atoms with E-state index in [1.165, 1.54) is 31.1 Å². The summed E-state index contributed by atoms with van der Waals surface area (Å²) in [5, 5.41) is 8.71. The zero-order valence-electron chi connectivity index (χ0n) is 11.6. The van der Waals surface area contributed by atoms with Crippen LogP contribution in [-0.2, 0) is 14.8 Å². The van der Waals surface area contributed by atoms with E-state index in [1.807, 2.05) is 0 Å². The van der Waals surface area contributed by atoms with Gasteiger partial charge in [-0.3, -0.25) is 4.79 Å². The predicted octanol–water partition coefficient (Wildman–Crippen LogP) is 0.219. The van der Waals surface area contributed by atoms with E-state index in [4.69, 9.17) is 9.52 Å². The van der Waals surface area contributed by atoms with E-state index >= 15 is 0 Å². The van der Waals surface area contributed by atoms with Gasteiger partial charge in [-0.25, -0.2) is 17.5 Å². The Hall–Kier alpha value is -1.87. The number of carbonyl (C=O) groups is 2. The molecule has 2 heterocycles. The van der Waals surface area contributed by atoms with E-state index in [2.05, 4.69) is 0 Å². The molecule has 0 aliphatic carbocycles. The van der Waals surface area contributed by atoms with E-state index in [0.717, 1.165) is 4.31 Å². The number of hydrogen-bond donors (Lipinski definition) is 1. The summed E-state index contributed by atoms with van der Waals surface area (Å²) in [7, 11) is -1.07. The van der Waals surface area contributed by atoms with Gasteiger partial charge in [0, 0.05) is 20.6 Å². The number of likely N-dealkylation sites (tertiary alicyclic amines) is 1. The highest BCUT2D eigenvalue weighted by atomic mass is 32.2.